The number of pyridine rings is 1. The van der Waals surface area contributed by atoms with Crippen LogP contribution in [0.4, 0.5) is 17.2 Å². The van der Waals surface area contributed by atoms with Gasteiger partial charge in [-0.05, 0) is 50.4 Å². The van der Waals surface area contributed by atoms with Gasteiger partial charge in [0.25, 0.3) is 0 Å². The fourth-order valence-corrected chi connectivity index (χ4v) is 4.88. The molecule has 3 heterocycles. The van der Waals surface area contributed by atoms with E-state index in [-0.39, 0.29) is 30.1 Å². The number of hydrogen-bond acceptors (Lipinski definition) is 9. The molecule has 14 heteroatoms. The Hall–Kier alpha value is -3.74. The molecule has 232 valence electrons. The molecule has 1 fully saturated rings. The van der Waals surface area contributed by atoms with Crippen LogP contribution in [0.1, 0.15) is 40.5 Å². The number of anilines is 3. The second kappa shape index (κ2) is 14.2. The standard InChI is InChI=1S/C29H37ClN8O4.ClH/c1-16(31-5)26(39)37-24(29(2,3)4)28(41)38-11-7-8-21(38)27(40)36-20-12-18-19(13-22(20)42-6)33-15-34-25(18)35-17-9-10-23(30)32-14-17;/h9-10,12-16,21,24,31H,7-8,11H2,1-6H3,(H,36,40)(H,37,39)(H,33,34,35);1H/t16-,21?,24+;/m0./s1. The third kappa shape index (κ3) is 7.81. The first-order valence-corrected chi connectivity index (χ1v) is 14.1. The van der Waals surface area contributed by atoms with E-state index in [1.165, 1.54) is 13.4 Å². The van der Waals surface area contributed by atoms with Crippen LogP contribution in [0, 0.1) is 5.41 Å². The van der Waals surface area contributed by atoms with E-state index in [4.69, 9.17) is 16.3 Å². The minimum absolute atomic E-state index is 0. The van der Waals surface area contributed by atoms with Crippen LogP contribution in [0.2, 0.25) is 5.15 Å². The molecule has 4 N–H and O–H groups in total. The number of likely N-dealkylation sites (N-methyl/N-ethyl adjacent to an activating group) is 1. The summed E-state index contributed by atoms with van der Waals surface area (Å²) in [5.41, 5.74) is 1.10. The molecule has 0 bridgehead atoms. The molecule has 0 aliphatic carbocycles. The second-order valence-corrected chi connectivity index (χ2v) is 11.7. The van der Waals surface area contributed by atoms with E-state index in [9.17, 15) is 14.4 Å². The summed E-state index contributed by atoms with van der Waals surface area (Å²) in [4.78, 5) is 54.5. The zero-order valence-electron chi connectivity index (χ0n) is 25.0. The van der Waals surface area contributed by atoms with Crippen LogP contribution in [0.25, 0.3) is 10.9 Å². The molecule has 1 unspecified atom stereocenters. The van der Waals surface area contributed by atoms with E-state index >= 15 is 0 Å². The highest BCUT2D eigenvalue weighted by molar-refractivity contribution is 6.29. The fourth-order valence-electron chi connectivity index (χ4n) is 4.77. The third-order valence-corrected chi connectivity index (χ3v) is 7.49. The number of likely N-dealkylation sites (tertiary alicyclic amines) is 1. The number of benzene rings is 1. The topological polar surface area (TPSA) is 150 Å². The number of rotatable bonds is 9. The Balaban J connectivity index is 0.00000506. The highest BCUT2D eigenvalue weighted by Crippen LogP contribution is 2.34. The molecule has 0 spiro atoms. The maximum Gasteiger partial charge on any atom is 0.247 e. The molecule has 3 atom stereocenters. The monoisotopic (exact) mass is 632 g/mol. The van der Waals surface area contributed by atoms with Crippen LogP contribution in [0.5, 0.6) is 5.75 Å². The van der Waals surface area contributed by atoms with Crippen LogP contribution < -0.4 is 26.0 Å². The van der Waals surface area contributed by atoms with E-state index in [0.29, 0.717) is 58.4 Å². The van der Waals surface area contributed by atoms with Gasteiger partial charge in [0.2, 0.25) is 17.7 Å². The van der Waals surface area contributed by atoms with Gasteiger partial charge in [-0.2, -0.15) is 0 Å². The van der Waals surface area contributed by atoms with Crippen molar-refractivity contribution in [2.24, 2.45) is 5.41 Å². The number of ether oxygens (including phenoxy) is 1. The molecule has 3 aromatic rings. The van der Waals surface area contributed by atoms with Crippen LogP contribution >= 0.6 is 24.0 Å². The van der Waals surface area contributed by atoms with E-state index < -0.39 is 23.5 Å². The van der Waals surface area contributed by atoms with Crippen molar-refractivity contribution in [2.45, 2.75) is 58.7 Å². The Morgan fingerprint density at radius 2 is 1.88 bits per heavy atom. The summed E-state index contributed by atoms with van der Waals surface area (Å²) >= 11 is 5.91. The Labute approximate surface area is 262 Å². The van der Waals surface area contributed by atoms with Crippen molar-refractivity contribution < 1.29 is 19.1 Å². The predicted octanol–water partition coefficient (Wildman–Crippen LogP) is 3.92. The Morgan fingerprint density at radius 3 is 2.51 bits per heavy atom. The molecule has 2 aromatic heterocycles. The predicted molar refractivity (Wildman–Crippen MR) is 169 cm³/mol. The van der Waals surface area contributed by atoms with Gasteiger partial charge < -0.3 is 30.9 Å². The number of amides is 3. The van der Waals surface area contributed by atoms with Crippen molar-refractivity contribution >= 4 is 69.8 Å². The first-order valence-electron chi connectivity index (χ1n) is 13.7. The van der Waals surface area contributed by atoms with Gasteiger partial charge in [-0.25, -0.2) is 15.0 Å². The normalized spacial score (nSPS) is 16.2. The van der Waals surface area contributed by atoms with Gasteiger partial charge >= 0.3 is 0 Å². The smallest absolute Gasteiger partial charge is 0.247 e. The average Bonchev–Trinajstić information content (AvgIpc) is 3.46. The molecular weight excluding hydrogens is 595 g/mol. The Bertz CT molecular complexity index is 1470. The molecule has 1 aliphatic heterocycles. The highest BCUT2D eigenvalue weighted by atomic mass is 35.5. The number of carbonyl (C=O) groups is 3. The minimum Gasteiger partial charge on any atom is -0.494 e. The largest absolute Gasteiger partial charge is 0.494 e. The minimum atomic E-state index is -0.808. The molecule has 1 saturated heterocycles. The fraction of sp³-hybridized carbons (Fsp3) is 0.448. The number of methoxy groups -OCH3 is 1. The van der Waals surface area contributed by atoms with Gasteiger partial charge in [0.15, 0.2) is 0 Å². The summed E-state index contributed by atoms with van der Waals surface area (Å²) in [6.07, 6.45) is 4.16. The maximum absolute atomic E-state index is 13.8. The molecule has 43 heavy (non-hydrogen) atoms. The van der Waals surface area contributed by atoms with Gasteiger partial charge in [-0.1, -0.05) is 32.4 Å². The van der Waals surface area contributed by atoms with Crippen molar-refractivity contribution in [3.8, 4) is 5.75 Å². The molecule has 1 aliphatic rings. The molecule has 3 amide bonds. The number of carbonyl (C=O) groups excluding carboxylic acids is 3. The number of halogens is 2. The quantitative estimate of drug-likeness (QED) is 0.257. The summed E-state index contributed by atoms with van der Waals surface area (Å²) < 4.78 is 5.57. The van der Waals surface area contributed by atoms with E-state index in [1.807, 2.05) is 20.8 Å². The van der Waals surface area contributed by atoms with Crippen LogP contribution in [0.3, 0.4) is 0 Å². The molecule has 4 rings (SSSR count). The van der Waals surface area contributed by atoms with E-state index in [0.717, 1.165) is 0 Å². The van der Waals surface area contributed by atoms with Gasteiger partial charge in [-0.15, -0.1) is 12.4 Å². The lowest BCUT2D eigenvalue weighted by Crippen LogP contribution is -2.59. The van der Waals surface area contributed by atoms with Gasteiger partial charge in [0, 0.05) is 18.0 Å². The molecule has 1 aromatic carbocycles. The van der Waals surface area contributed by atoms with Crippen molar-refractivity contribution in [1.82, 2.24) is 30.5 Å². The summed E-state index contributed by atoms with van der Waals surface area (Å²) in [5, 5.41) is 12.9. The summed E-state index contributed by atoms with van der Waals surface area (Å²) in [5.74, 6) is -0.0223. The van der Waals surface area contributed by atoms with Crippen LogP contribution in [0.15, 0.2) is 36.8 Å². The molecule has 12 nitrogen and oxygen atoms in total. The van der Waals surface area contributed by atoms with Gasteiger partial charge in [0.1, 0.15) is 35.1 Å². The van der Waals surface area contributed by atoms with Crippen molar-refractivity contribution in [3.63, 3.8) is 0 Å². The lowest BCUT2D eigenvalue weighted by Gasteiger charge is -2.36. The Morgan fingerprint density at radius 1 is 1.14 bits per heavy atom. The summed E-state index contributed by atoms with van der Waals surface area (Å²) in [6.45, 7) is 7.80. The first kappa shape index (κ1) is 33.8. The molecule has 0 saturated carbocycles. The van der Waals surface area contributed by atoms with Crippen molar-refractivity contribution in [1.29, 1.82) is 0 Å². The second-order valence-electron chi connectivity index (χ2n) is 11.3. The molecular formula is C29H38Cl2N8O4. The third-order valence-electron chi connectivity index (χ3n) is 7.27. The average molecular weight is 634 g/mol. The maximum atomic E-state index is 13.8. The zero-order chi connectivity index (χ0) is 30.6. The number of hydrogen-bond donors (Lipinski definition) is 4. The first-order chi connectivity index (χ1) is 19.9. The summed E-state index contributed by atoms with van der Waals surface area (Å²) in [7, 11) is 3.19. The highest BCUT2D eigenvalue weighted by Gasteiger charge is 2.42. The van der Waals surface area contributed by atoms with E-state index in [1.54, 1.807) is 49.3 Å². The lowest BCUT2D eigenvalue weighted by atomic mass is 9.85. The Kier molecular flexibility index (Phi) is 11.1. The summed E-state index contributed by atoms with van der Waals surface area (Å²) in [6, 6.07) is 4.88. The van der Waals surface area contributed by atoms with Crippen LogP contribution in [-0.4, -0.2) is 76.4 Å². The van der Waals surface area contributed by atoms with E-state index in [2.05, 4.69) is 36.2 Å². The van der Waals surface area contributed by atoms with Crippen LogP contribution in [-0.2, 0) is 14.4 Å². The number of fused-ring (bicyclic) bond motifs is 1. The number of nitrogens with one attached hydrogen (secondary N) is 4. The number of nitrogens with zero attached hydrogens (tertiary/aromatic N) is 4. The van der Waals surface area contributed by atoms with Gasteiger partial charge in [-0.3, -0.25) is 14.4 Å². The van der Waals surface area contributed by atoms with Gasteiger partial charge in [0.05, 0.1) is 36.2 Å². The SMILES string of the molecule is CN[C@@H](C)C(=O)N[C@H](C(=O)N1CCCC1C(=O)Nc1cc2c(Nc3ccc(Cl)nc3)ncnc2cc1OC)C(C)(C)C.Cl. The zero-order valence-corrected chi connectivity index (χ0v) is 26.6. The molecule has 0 radical (unpaired) electrons. The van der Waals surface area contributed by atoms with Crippen molar-refractivity contribution in [3.05, 3.63) is 41.9 Å². The lowest BCUT2D eigenvalue weighted by molar-refractivity contribution is -0.143. The number of aromatic nitrogens is 3. The van der Waals surface area contributed by atoms with Crippen molar-refractivity contribution in [2.75, 3.05) is 31.3 Å².